The summed E-state index contributed by atoms with van der Waals surface area (Å²) in [5.74, 6) is -0.432. The SMILES string of the molecule is CNC(=O)CCc1ccc(NC(=O)c2c(C)ccn(C(C)CN(C)C)c2=O)cc1. The molecule has 0 radical (unpaired) electrons. The summed E-state index contributed by atoms with van der Waals surface area (Å²) in [4.78, 5) is 39.1. The molecular weight excluding hydrogens is 368 g/mol. The molecule has 29 heavy (non-hydrogen) atoms. The van der Waals surface area contributed by atoms with Crippen LogP contribution in [0.15, 0.2) is 41.3 Å². The maximum absolute atomic E-state index is 12.9. The van der Waals surface area contributed by atoms with Gasteiger partial charge in [0.2, 0.25) is 5.91 Å². The zero-order valence-electron chi connectivity index (χ0n) is 17.8. The maximum atomic E-state index is 12.9. The topological polar surface area (TPSA) is 83.4 Å². The van der Waals surface area contributed by atoms with Gasteiger partial charge in [0.05, 0.1) is 0 Å². The van der Waals surface area contributed by atoms with Gasteiger partial charge in [-0.05, 0) is 63.7 Å². The van der Waals surface area contributed by atoms with Gasteiger partial charge >= 0.3 is 0 Å². The van der Waals surface area contributed by atoms with Crippen molar-refractivity contribution in [1.29, 1.82) is 0 Å². The van der Waals surface area contributed by atoms with Crippen molar-refractivity contribution in [3.8, 4) is 0 Å². The molecule has 0 saturated heterocycles. The Hall–Kier alpha value is -2.93. The fourth-order valence-corrected chi connectivity index (χ4v) is 3.21. The van der Waals surface area contributed by atoms with E-state index in [4.69, 9.17) is 0 Å². The van der Waals surface area contributed by atoms with E-state index in [1.54, 1.807) is 42.9 Å². The van der Waals surface area contributed by atoms with Crippen LogP contribution < -0.4 is 16.2 Å². The lowest BCUT2D eigenvalue weighted by Gasteiger charge is -2.20. The number of aryl methyl sites for hydroxylation is 2. The molecule has 0 saturated carbocycles. The summed E-state index contributed by atoms with van der Waals surface area (Å²) in [7, 11) is 5.51. The van der Waals surface area contributed by atoms with E-state index in [2.05, 4.69) is 10.6 Å². The van der Waals surface area contributed by atoms with Crippen LogP contribution in [0.4, 0.5) is 5.69 Å². The number of rotatable bonds is 8. The fraction of sp³-hybridized carbons (Fsp3) is 0.409. The third kappa shape index (κ3) is 6.02. The zero-order valence-corrected chi connectivity index (χ0v) is 17.8. The van der Waals surface area contributed by atoms with E-state index in [0.717, 1.165) is 5.56 Å². The van der Waals surface area contributed by atoms with Crippen LogP contribution in [-0.4, -0.2) is 49.0 Å². The lowest BCUT2D eigenvalue weighted by atomic mass is 10.1. The minimum Gasteiger partial charge on any atom is -0.359 e. The molecule has 0 fully saturated rings. The second-order valence-electron chi connectivity index (χ2n) is 7.52. The number of nitrogens with zero attached hydrogens (tertiary/aromatic N) is 2. The minimum atomic E-state index is -0.419. The molecule has 2 aromatic rings. The highest BCUT2D eigenvalue weighted by molar-refractivity contribution is 6.05. The van der Waals surface area contributed by atoms with Crippen LogP contribution in [0.25, 0.3) is 0 Å². The molecule has 1 aromatic carbocycles. The Labute approximate surface area is 171 Å². The van der Waals surface area contributed by atoms with Gasteiger partial charge in [-0.15, -0.1) is 0 Å². The molecule has 0 bridgehead atoms. The van der Waals surface area contributed by atoms with Crippen LogP contribution in [0, 0.1) is 6.92 Å². The number of nitrogens with one attached hydrogen (secondary N) is 2. The third-order valence-corrected chi connectivity index (χ3v) is 4.79. The molecule has 1 atom stereocenters. The first-order chi connectivity index (χ1) is 13.7. The molecule has 1 heterocycles. The summed E-state index contributed by atoms with van der Waals surface area (Å²) >= 11 is 0. The van der Waals surface area contributed by atoms with Crippen LogP contribution in [-0.2, 0) is 11.2 Å². The molecule has 0 aliphatic heterocycles. The smallest absolute Gasteiger partial charge is 0.263 e. The van der Waals surface area contributed by atoms with Crippen molar-refractivity contribution in [3.63, 3.8) is 0 Å². The first-order valence-electron chi connectivity index (χ1n) is 9.70. The molecule has 0 aliphatic carbocycles. The number of aromatic nitrogens is 1. The van der Waals surface area contributed by atoms with Gasteiger partial charge in [-0.3, -0.25) is 14.4 Å². The number of pyridine rings is 1. The quantitative estimate of drug-likeness (QED) is 0.714. The summed E-state index contributed by atoms with van der Waals surface area (Å²) in [5, 5.41) is 5.40. The van der Waals surface area contributed by atoms with E-state index in [1.807, 2.05) is 38.1 Å². The molecule has 7 nitrogen and oxygen atoms in total. The normalized spacial score (nSPS) is 11.9. The van der Waals surface area contributed by atoms with Crippen molar-refractivity contribution in [1.82, 2.24) is 14.8 Å². The standard InChI is InChI=1S/C22H30N4O3/c1-15-12-13-26(16(2)14-25(4)5)22(29)20(15)21(28)24-18-9-6-17(7-10-18)8-11-19(27)23-3/h6-7,9-10,12-13,16H,8,11,14H2,1-5H3,(H,23,27)(H,24,28). The van der Waals surface area contributed by atoms with Crippen LogP contribution in [0.2, 0.25) is 0 Å². The van der Waals surface area contributed by atoms with E-state index in [0.29, 0.717) is 30.6 Å². The molecule has 2 rings (SSSR count). The number of amides is 2. The van der Waals surface area contributed by atoms with Crippen molar-refractivity contribution in [2.24, 2.45) is 0 Å². The number of hydrogen-bond donors (Lipinski definition) is 2. The molecular formula is C22H30N4O3. The average molecular weight is 399 g/mol. The second-order valence-corrected chi connectivity index (χ2v) is 7.52. The van der Waals surface area contributed by atoms with Crippen molar-refractivity contribution in [2.75, 3.05) is 33.0 Å². The number of benzene rings is 1. The Morgan fingerprint density at radius 3 is 2.38 bits per heavy atom. The van der Waals surface area contributed by atoms with E-state index >= 15 is 0 Å². The predicted octanol–water partition coefficient (Wildman–Crippen LogP) is 2.21. The maximum Gasteiger partial charge on any atom is 0.263 e. The Morgan fingerprint density at radius 2 is 1.79 bits per heavy atom. The Morgan fingerprint density at radius 1 is 1.14 bits per heavy atom. The summed E-state index contributed by atoms with van der Waals surface area (Å²) < 4.78 is 1.60. The highest BCUT2D eigenvalue weighted by Gasteiger charge is 2.18. The van der Waals surface area contributed by atoms with E-state index < -0.39 is 5.91 Å². The fourth-order valence-electron chi connectivity index (χ4n) is 3.21. The highest BCUT2D eigenvalue weighted by atomic mass is 16.2. The van der Waals surface area contributed by atoms with Crippen LogP contribution >= 0.6 is 0 Å². The lowest BCUT2D eigenvalue weighted by Crippen LogP contribution is -2.34. The van der Waals surface area contributed by atoms with Crippen molar-refractivity contribution >= 4 is 17.5 Å². The highest BCUT2D eigenvalue weighted by Crippen LogP contribution is 2.14. The van der Waals surface area contributed by atoms with Crippen molar-refractivity contribution < 1.29 is 9.59 Å². The monoisotopic (exact) mass is 398 g/mol. The summed E-state index contributed by atoms with van der Waals surface area (Å²) in [6.07, 6.45) is 2.78. The summed E-state index contributed by atoms with van der Waals surface area (Å²) in [5.41, 5.74) is 2.11. The van der Waals surface area contributed by atoms with Gasteiger partial charge in [0.15, 0.2) is 0 Å². The second kappa shape index (κ2) is 10.0. The molecule has 1 aromatic heterocycles. The molecule has 2 N–H and O–H groups in total. The summed E-state index contributed by atoms with van der Waals surface area (Å²) in [6.45, 7) is 4.41. The lowest BCUT2D eigenvalue weighted by molar-refractivity contribution is -0.120. The number of anilines is 1. The molecule has 0 aliphatic rings. The van der Waals surface area contributed by atoms with Crippen LogP contribution in [0.1, 0.15) is 40.9 Å². The third-order valence-electron chi connectivity index (χ3n) is 4.79. The first-order valence-corrected chi connectivity index (χ1v) is 9.70. The minimum absolute atomic E-state index is 0.0123. The number of carbonyl (C=O) groups is 2. The van der Waals surface area contributed by atoms with Gasteiger partial charge in [-0.25, -0.2) is 0 Å². The van der Waals surface area contributed by atoms with Crippen LogP contribution in [0.3, 0.4) is 0 Å². The van der Waals surface area contributed by atoms with Crippen molar-refractivity contribution in [2.45, 2.75) is 32.7 Å². The predicted molar refractivity (Wildman–Crippen MR) is 115 cm³/mol. The van der Waals surface area contributed by atoms with Gasteiger partial charge in [0.1, 0.15) is 5.56 Å². The van der Waals surface area contributed by atoms with Gasteiger partial charge in [-0.2, -0.15) is 0 Å². The van der Waals surface area contributed by atoms with Gasteiger partial charge in [0, 0.05) is 37.9 Å². The largest absolute Gasteiger partial charge is 0.359 e. The first kappa shape index (κ1) is 22.4. The molecule has 7 heteroatoms. The molecule has 156 valence electrons. The van der Waals surface area contributed by atoms with E-state index in [9.17, 15) is 14.4 Å². The number of hydrogen-bond acceptors (Lipinski definition) is 4. The molecule has 1 unspecified atom stereocenters. The van der Waals surface area contributed by atoms with Gasteiger partial charge in [-0.1, -0.05) is 12.1 Å². The number of likely N-dealkylation sites (N-methyl/N-ethyl adjacent to an activating group) is 1. The van der Waals surface area contributed by atoms with Crippen molar-refractivity contribution in [3.05, 3.63) is 63.6 Å². The average Bonchev–Trinajstić information content (AvgIpc) is 2.66. The van der Waals surface area contributed by atoms with Gasteiger partial charge in [0.25, 0.3) is 11.5 Å². The molecule has 2 amide bonds. The number of carbonyl (C=O) groups excluding carboxylic acids is 2. The Kier molecular flexibility index (Phi) is 7.73. The molecule has 0 spiro atoms. The Balaban J connectivity index is 2.16. The van der Waals surface area contributed by atoms with Gasteiger partial charge < -0.3 is 20.1 Å². The van der Waals surface area contributed by atoms with Crippen LogP contribution in [0.5, 0.6) is 0 Å². The summed E-state index contributed by atoms with van der Waals surface area (Å²) in [6, 6.07) is 9.04. The zero-order chi connectivity index (χ0) is 21.6. The van der Waals surface area contributed by atoms with E-state index in [1.165, 1.54) is 0 Å². The van der Waals surface area contributed by atoms with E-state index in [-0.39, 0.29) is 23.1 Å². The Bertz CT molecular complexity index is 917.